The minimum absolute atomic E-state index is 0.0926. The van der Waals surface area contributed by atoms with Crippen molar-refractivity contribution in [1.82, 2.24) is 14.8 Å². The van der Waals surface area contributed by atoms with E-state index in [1.54, 1.807) is 48.5 Å². The van der Waals surface area contributed by atoms with Crippen LogP contribution in [-0.4, -0.2) is 26.8 Å². The van der Waals surface area contributed by atoms with Gasteiger partial charge in [0.25, 0.3) is 5.91 Å². The lowest BCUT2D eigenvalue weighted by Crippen LogP contribution is -2.11. The number of ether oxygens (including phenoxy) is 1. The molecular weight excluding hydrogens is 481 g/mol. The van der Waals surface area contributed by atoms with Gasteiger partial charge in [0.2, 0.25) is 0 Å². The molecule has 0 aliphatic heterocycles. The second-order valence-electron chi connectivity index (χ2n) is 7.88. The van der Waals surface area contributed by atoms with Crippen LogP contribution in [0.25, 0.3) is 17.1 Å². The highest BCUT2D eigenvalue weighted by Gasteiger charge is 2.30. The van der Waals surface area contributed by atoms with E-state index in [-0.39, 0.29) is 18.0 Å². The van der Waals surface area contributed by atoms with E-state index in [1.807, 2.05) is 13.8 Å². The van der Waals surface area contributed by atoms with E-state index in [9.17, 15) is 18.0 Å². The number of aromatic nitrogens is 3. The fraction of sp³-hybridized carbons (Fsp3) is 0.160. The molecule has 4 aromatic rings. The van der Waals surface area contributed by atoms with Gasteiger partial charge in [0.05, 0.1) is 17.4 Å². The number of nitrogens with zero attached hydrogens (tertiary/aromatic N) is 3. The second kappa shape index (κ2) is 9.79. The molecule has 10 heteroatoms. The van der Waals surface area contributed by atoms with Crippen LogP contribution >= 0.6 is 11.6 Å². The Morgan fingerprint density at radius 2 is 1.60 bits per heavy atom. The highest BCUT2D eigenvalue weighted by atomic mass is 35.5. The number of carbonyl (C=O) groups excluding carboxylic acids is 1. The quantitative estimate of drug-likeness (QED) is 0.322. The van der Waals surface area contributed by atoms with Crippen molar-refractivity contribution >= 4 is 23.2 Å². The molecule has 180 valence electrons. The summed E-state index contributed by atoms with van der Waals surface area (Å²) < 4.78 is 46.0. The molecular formula is C25H20ClF3N4O2. The first-order valence-electron chi connectivity index (χ1n) is 10.6. The van der Waals surface area contributed by atoms with Gasteiger partial charge in [-0.2, -0.15) is 18.2 Å². The third kappa shape index (κ3) is 5.81. The molecule has 0 saturated heterocycles. The van der Waals surface area contributed by atoms with E-state index < -0.39 is 11.7 Å². The minimum Gasteiger partial charge on any atom is -0.460 e. The average molecular weight is 501 g/mol. The second-order valence-corrected chi connectivity index (χ2v) is 8.32. The van der Waals surface area contributed by atoms with Crippen LogP contribution in [0.4, 0.5) is 18.9 Å². The average Bonchev–Trinajstić information content (AvgIpc) is 3.22. The molecule has 0 aliphatic rings. The molecule has 1 N–H and O–H groups in total. The molecule has 0 aliphatic carbocycles. The highest BCUT2D eigenvalue weighted by molar-refractivity contribution is 6.30. The molecule has 0 atom stereocenters. The molecule has 4 rings (SSSR count). The van der Waals surface area contributed by atoms with Crippen LogP contribution in [0.1, 0.15) is 29.8 Å². The summed E-state index contributed by atoms with van der Waals surface area (Å²) in [6, 6.07) is 18.0. The van der Waals surface area contributed by atoms with Crippen molar-refractivity contribution in [3.05, 3.63) is 88.9 Å². The molecule has 0 radical (unpaired) electrons. The molecule has 0 bridgehead atoms. The van der Waals surface area contributed by atoms with Gasteiger partial charge in [-0.15, -0.1) is 5.10 Å². The van der Waals surface area contributed by atoms with Gasteiger partial charge in [-0.25, -0.2) is 4.68 Å². The van der Waals surface area contributed by atoms with E-state index in [4.69, 9.17) is 16.3 Å². The molecule has 0 unspecified atom stereocenters. The minimum atomic E-state index is -4.44. The number of benzene rings is 3. The predicted octanol–water partition coefficient (Wildman–Crippen LogP) is 6.65. The Hall–Kier alpha value is -3.85. The van der Waals surface area contributed by atoms with Crippen molar-refractivity contribution < 1.29 is 22.7 Å². The standard InChI is InChI=1S/C25H20ClF3N4O2/c1-15(2)35-24-31-22(16-3-7-18(8-4-16)25(27,28)29)33(32-24)21-13-11-20(12-14-21)30-23(34)17-5-9-19(26)10-6-17/h3-15H,1-2H3,(H,30,34). The number of nitrogens with one attached hydrogen (secondary N) is 1. The molecule has 1 amide bonds. The van der Waals surface area contributed by atoms with Crippen molar-refractivity contribution in [2.75, 3.05) is 5.32 Å². The van der Waals surface area contributed by atoms with Crippen LogP contribution in [0.15, 0.2) is 72.8 Å². The molecule has 0 saturated carbocycles. The van der Waals surface area contributed by atoms with E-state index in [2.05, 4.69) is 15.4 Å². The Bertz CT molecular complexity index is 1320. The van der Waals surface area contributed by atoms with Crippen LogP contribution in [-0.2, 0) is 6.18 Å². The summed E-state index contributed by atoms with van der Waals surface area (Å²) in [7, 11) is 0. The summed E-state index contributed by atoms with van der Waals surface area (Å²) in [4.78, 5) is 16.8. The lowest BCUT2D eigenvalue weighted by molar-refractivity contribution is -0.137. The topological polar surface area (TPSA) is 69.0 Å². The number of hydrogen-bond acceptors (Lipinski definition) is 4. The molecule has 0 fully saturated rings. The molecule has 3 aromatic carbocycles. The number of halogens is 4. The van der Waals surface area contributed by atoms with Crippen molar-refractivity contribution in [2.45, 2.75) is 26.1 Å². The Morgan fingerprint density at radius 1 is 0.971 bits per heavy atom. The Balaban J connectivity index is 1.62. The van der Waals surface area contributed by atoms with Gasteiger partial charge in [-0.3, -0.25) is 4.79 Å². The Kier molecular flexibility index (Phi) is 6.79. The normalized spacial score (nSPS) is 11.5. The number of anilines is 1. The van der Waals surface area contributed by atoms with Gasteiger partial charge in [0.15, 0.2) is 5.82 Å². The van der Waals surface area contributed by atoms with Crippen molar-refractivity contribution in [3.63, 3.8) is 0 Å². The maximum absolute atomic E-state index is 13.0. The van der Waals surface area contributed by atoms with Crippen LogP contribution < -0.4 is 10.1 Å². The summed E-state index contributed by atoms with van der Waals surface area (Å²) in [5.74, 6) is 0.0144. The van der Waals surface area contributed by atoms with Gasteiger partial charge < -0.3 is 10.1 Å². The lowest BCUT2D eigenvalue weighted by Gasteiger charge is -2.10. The number of hydrogen-bond donors (Lipinski definition) is 1. The summed E-state index contributed by atoms with van der Waals surface area (Å²) in [6.45, 7) is 3.63. The van der Waals surface area contributed by atoms with Crippen LogP contribution in [0.2, 0.25) is 5.02 Å². The van der Waals surface area contributed by atoms with Gasteiger partial charge in [0, 0.05) is 21.8 Å². The Morgan fingerprint density at radius 3 is 2.17 bits per heavy atom. The van der Waals surface area contributed by atoms with Crippen molar-refractivity contribution in [2.24, 2.45) is 0 Å². The first kappa shape index (κ1) is 24.3. The van der Waals surface area contributed by atoms with Crippen LogP contribution in [0.3, 0.4) is 0 Å². The summed E-state index contributed by atoms with van der Waals surface area (Å²) in [5.41, 5.74) is 1.25. The van der Waals surface area contributed by atoms with E-state index in [1.165, 1.54) is 16.8 Å². The first-order valence-corrected chi connectivity index (χ1v) is 11.0. The number of amides is 1. The van der Waals surface area contributed by atoms with Gasteiger partial charge in [-0.1, -0.05) is 23.7 Å². The third-order valence-corrected chi connectivity index (χ3v) is 5.13. The number of rotatable bonds is 6. The zero-order valence-corrected chi connectivity index (χ0v) is 19.4. The van der Waals surface area contributed by atoms with Crippen molar-refractivity contribution in [1.29, 1.82) is 0 Å². The summed E-state index contributed by atoms with van der Waals surface area (Å²) >= 11 is 5.86. The third-order valence-electron chi connectivity index (χ3n) is 4.88. The number of alkyl halides is 3. The molecule has 1 aromatic heterocycles. The number of carbonyl (C=O) groups is 1. The Labute approximate surface area is 204 Å². The zero-order chi connectivity index (χ0) is 25.2. The SMILES string of the molecule is CC(C)Oc1nc(-c2ccc(C(F)(F)F)cc2)n(-c2ccc(NC(=O)c3ccc(Cl)cc3)cc2)n1. The molecule has 0 spiro atoms. The highest BCUT2D eigenvalue weighted by Crippen LogP contribution is 2.32. The largest absolute Gasteiger partial charge is 0.460 e. The smallest absolute Gasteiger partial charge is 0.416 e. The van der Waals surface area contributed by atoms with Gasteiger partial charge in [0.1, 0.15) is 0 Å². The molecule has 35 heavy (non-hydrogen) atoms. The van der Waals surface area contributed by atoms with Crippen LogP contribution in [0.5, 0.6) is 6.01 Å². The van der Waals surface area contributed by atoms with E-state index >= 15 is 0 Å². The summed E-state index contributed by atoms with van der Waals surface area (Å²) in [5, 5.41) is 7.70. The first-order chi connectivity index (χ1) is 16.6. The monoisotopic (exact) mass is 500 g/mol. The van der Waals surface area contributed by atoms with E-state index in [0.717, 1.165) is 12.1 Å². The zero-order valence-electron chi connectivity index (χ0n) is 18.7. The fourth-order valence-electron chi connectivity index (χ4n) is 3.22. The van der Waals surface area contributed by atoms with E-state index in [0.29, 0.717) is 33.3 Å². The van der Waals surface area contributed by atoms with Crippen LogP contribution in [0, 0.1) is 0 Å². The maximum Gasteiger partial charge on any atom is 0.416 e. The fourth-order valence-corrected chi connectivity index (χ4v) is 3.35. The predicted molar refractivity (Wildman–Crippen MR) is 127 cm³/mol. The lowest BCUT2D eigenvalue weighted by atomic mass is 10.1. The molecule has 6 nitrogen and oxygen atoms in total. The maximum atomic E-state index is 13.0. The summed E-state index contributed by atoms with van der Waals surface area (Å²) in [6.07, 6.45) is -4.64. The van der Waals surface area contributed by atoms with Gasteiger partial charge in [-0.05, 0) is 74.5 Å². The van der Waals surface area contributed by atoms with Gasteiger partial charge >= 0.3 is 12.2 Å². The van der Waals surface area contributed by atoms with Crippen molar-refractivity contribution in [3.8, 4) is 23.1 Å². The molecule has 1 heterocycles.